The first-order valence-electron chi connectivity index (χ1n) is 12.6. The van der Waals surface area contributed by atoms with Gasteiger partial charge in [0, 0.05) is 55.7 Å². The Hall–Kier alpha value is -2.73. The van der Waals surface area contributed by atoms with Gasteiger partial charge in [0.15, 0.2) is 11.4 Å². The van der Waals surface area contributed by atoms with Gasteiger partial charge in [-0.2, -0.15) is 5.26 Å². The minimum absolute atomic E-state index is 0.228. The summed E-state index contributed by atoms with van der Waals surface area (Å²) in [6.07, 6.45) is 6.07. The quantitative estimate of drug-likeness (QED) is 0.718. The van der Waals surface area contributed by atoms with Gasteiger partial charge in [-0.05, 0) is 69.3 Å². The summed E-state index contributed by atoms with van der Waals surface area (Å²) in [5.41, 5.74) is 4.46. The van der Waals surface area contributed by atoms with Crippen molar-refractivity contribution in [3.63, 3.8) is 0 Å². The zero-order chi connectivity index (χ0) is 23.1. The predicted molar refractivity (Wildman–Crippen MR) is 129 cm³/mol. The summed E-state index contributed by atoms with van der Waals surface area (Å²) < 4.78 is 12.0. The molecule has 3 saturated heterocycles. The summed E-state index contributed by atoms with van der Waals surface area (Å²) >= 11 is 0. The molecule has 0 saturated carbocycles. The maximum atomic E-state index is 9.93. The van der Waals surface area contributed by atoms with E-state index in [0.29, 0.717) is 29.3 Å². The highest BCUT2D eigenvalue weighted by Crippen LogP contribution is 2.44. The predicted octanol–water partition coefficient (Wildman–Crippen LogP) is 3.59. The van der Waals surface area contributed by atoms with Gasteiger partial charge in [0.25, 0.3) is 0 Å². The number of aromatic nitrogens is 2. The Labute approximate surface area is 200 Å². The van der Waals surface area contributed by atoms with E-state index in [-0.39, 0.29) is 6.10 Å². The number of hydrogen-bond acceptors (Lipinski definition) is 8. The molecule has 0 amide bonds. The summed E-state index contributed by atoms with van der Waals surface area (Å²) in [6, 6.07) is 7.14. The number of rotatable bonds is 3. The molecule has 34 heavy (non-hydrogen) atoms. The Morgan fingerprint density at radius 2 is 1.91 bits per heavy atom. The molecule has 1 atom stereocenters. The number of piperidine rings is 1. The average molecular weight is 461 g/mol. The Balaban J connectivity index is 1.29. The third kappa shape index (κ3) is 3.92. The van der Waals surface area contributed by atoms with Crippen molar-refractivity contribution in [3.8, 4) is 11.8 Å². The zero-order valence-electron chi connectivity index (χ0n) is 19.7. The van der Waals surface area contributed by atoms with Crippen LogP contribution < -0.4 is 15.4 Å². The molecule has 0 radical (unpaired) electrons. The molecular formula is C26H32N6O2. The molecule has 8 heteroatoms. The lowest BCUT2D eigenvalue weighted by atomic mass is 9.87. The monoisotopic (exact) mass is 460 g/mol. The number of nitrogens with one attached hydrogen (secondary N) is 2. The third-order valence-electron chi connectivity index (χ3n) is 7.89. The van der Waals surface area contributed by atoms with Crippen LogP contribution in [0.5, 0.6) is 5.75 Å². The van der Waals surface area contributed by atoms with Crippen LogP contribution in [-0.4, -0.2) is 60.3 Å². The van der Waals surface area contributed by atoms with Gasteiger partial charge in [0.2, 0.25) is 0 Å². The van der Waals surface area contributed by atoms with E-state index >= 15 is 0 Å². The smallest absolute Gasteiger partial charge is 0.185 e. The highest BCUT2D eigenvalue weighted by molar-refractivity contribution is 5.72. The molecule has 4 aliphatic heterocycles. The molecule has 4 aliphatic rings. The second-order valence-electron chi connectivity index (χ2n) is 9.95. The Morgan fingerprint density at radius 3 is 2.68 bits per heavy atom. The fourth-order valence-electron chi connectivity index (χ4n) is 5.96. The molecule has 2 aromatic heterocycles. The maximum absolute atomic E-state index is 9.93. The highest BCUT2D eigenvalue weighted by atomic mass is 16.5. The van der Waals surface area contributed by atoms with Gasteiger partial charge in [-0.3, -0.25) is 4.90 Å². The average Bonchev–Trinajstić information content (AvgIpc) is 2.99. The van der Waals surface area contributed by atoms with Gasteiger partial charge in [-0.15, -0.1) is 0 Å². The first-order valence-corrected chi connectivity index (χ1v) is 12.6. The van der Waals surface area contributed by atoms with Crippen molar-refractivity contribution in [1.82, 2.24) is 20.2 Å². The maximum Gasteiger partial charge on any atom is 0.185 e. The van der Waals surface area contributed by atoms with Crippen molar-refractivity contribution in [3.05, 3.63) is 40.8 Å². The van der Waals surface area contributed by atoms with Gasteiger partial charge in [0.05, 0.1) is 5.69 Å². The van der Waals surface area contributed by atoms with Crippen LogP contribution in [0.2, 0.25) is 0 Å². The Bertz CT molecular complexity index is 1100. The lowest BCUT2D eigenvalue weighted by Gasteiger charge is -2.45. The van der Waals surface area contributed by atoms with Gasteiger partial charge in [-0.1, -0.05) is 0 Å². The topological polar surface area (TPSA) is 95.3 Å². The van der Waals surface area contributed by atoms with E-state index in [1.807, 2.05) is 13.1 Å². The number of nitriles is 1. The van der Waals surface area contributed by atoms with Gasteiger partial charge < -0.3 is 20.1 Å². The van der Waals surface area contributed by atoms with E-state index in [2.05, 4.69) is 38.7 Å². The van der Waals surface area contributed by atoms with Gasteiger partial charge in [-0.25, -0.2) is 9.97 Å². The molecule has 6 heterocycles. The van der Waals surface area contributed by atoms with E-state index < -0.39 is 0 Å². The van der Waals surface area contributed by atoms with Crippen LogP contribution >= 0.6 is 0 Å². The number of pyridine rings is 2. The molecule has 0 bridgehead atoms. The van der Waals surface area contributed by atoms with E-state index in [4.69, 9.17) is 14.5 Å². The molecule has 8 nitrogen and oxygen atoms in total. The van der Waals surface area contributed by atoms with Gasteiger partial charge in [0.1, 0.15) is 18.0 Å². The molecule has 3 fully saturated rings. The third-order valence-corrected chi connectivity index (χ3v) is 7.89. The second kappa shape index (κ2) is 9.14. The number of likely N-dealkylation sites (tertiary alicyclic amines) is 1. The molecule has 6 rings (SSSR count). The zero-order valence-corrected chi connectivity index (χ0v) is 19.7. The SMILES string of the molecule is CC1Oc2c(cc(C3CN(C4CCNCC4)C3)nc2C#N)Nc2nccc(C3CCOCC3)c21. The van der Waals surface area contributed by atoms with E-state index in [1.54, 1.807) is 0 Å². The molecule has 0 spiro atoms. The van der Waals surface area contributed by atoms with Crippen molar-refractivity contribution in [2.24, 2.45) is 0 Å². The van der Waals surface area contributed by atoms with Crippen LogP contribution in [0.1, 0.15) is 73.1 Å². The van der Waals surface area contributed by atoms with Crippen LogP contribution in [0.15, 0.2) is 18.3 Å². The molecule has 2 aromatic rings. The molecular weight excluding hydrogens is 428 g/mol. The van der Waals surface area contributed by atoms with E-state index in [1.165, 1.54) is 18.4 Å². The van der Waals surface area contributed by atoms with Crippen molar-refractivity contribution in [2.75, 3.05) is 44.7 Å². The van der Waals surface area contributed by atoms with Crippen molar-refractivity contribution in [1.29, 1.82) is 5.26 Å². The summed E-state index contributed by atoms with van der Waals surface area (Å²) in [4.78, 5) is 12.0. The number of nitrogens with zero attached hydrogens (tertiary/aromatic N) is 4. The lowest BCUT2D eigenvalue weighted by Crippen LogP contribution is -2.53. The van der Waals surface area contributed by atoms with Crippen LogP contribution in [-0.2, 0) is 4.74 Å². The van der Waals surface area contributed by atoms with Crippen LogP contribution in [0, 0.1) is 11.3 Å². The minimum atomic E-state index is -0.228. The Morgan fingerprint density at radius 1 is 1.12 bits per heavy atom. The summed E-state index contributed by atoms with van der Waals surface area (Å²) in [7, 11) is 0. The summed E-state index contributed by atoms with van der Waals surface area (Å²) in [5.74, 6) is 2.13. The second-order valence-corrected chi connectivity index (χ2v) is 9.95. The number of anilines is 2. The van der Waals surface area contributed by atoms with Crippen molar-refractivity contribution in [2.45, 2.75) is 56.6 Å². The lowest BCUT2D eigenvalue weighted by molar-refractivity contribution is 0.0713. The Kier molecular flexibility index (Phi) is 5.85. The van der Waals surface area contributed by atoms with Crippen LogP contribution in [0.25, 0.3) is 0 Å². The molecule has 2 N–H and O–H groups in total. The minimum Gasteiger partial charge on any atom is -0.481 e. The van der Waals surface area contributed by atoms with E-state index in [0.717, 1.165) is 75.0 Å². The van der Waals surface area contributed by atoms with Crippen molar-refractivity contribution >= 4 is 11.5 Å². The van der Waals surface area contributed by atoms with Crippen LogP contribution in [0.3, 0.4) is 0 Å². The normalized spacial score (nSPS) is 24.1. The number of ether oxygens (including phenoxy) is 2. The largest absolute Gasteiger partial charge is 0.481 e. The number of hydrogen-bond donors (Lipinski definition) is 2. The molecule has 0 aromatic carbocycles. The molecule has 0 aliphatic carbocycles. The fraction of sp³-hybridized carbons (Fsp3) is 0.577. The first-order chi connectivity index (χ1) is 16.7. The molecule has 1 unspecified atom stereocenters. The van der Waals surface area contributed by atoms with E-state index in [9.17, 15) is 5.26 Å². The summed E-state index contributed by atoms with van der Waals surface area (Å²) in [5, 5.41) is 16.9. The highest BCUT2D eigenvalue weighted by Gasteiger charge is 2.36. The first kappa shape index (κ1) is 21.8. The van der Waals surface area contributed by atoms with Crippen LogP contribution in [0.4, 0.5) is 11.5 Å². The van der Waals surface area contributed by atoms with Gasteiger partial charge >= 0.3 is 0 Å². The molecule has 178 valence electrons. The van der Waals surface area contributed by atoms with Crippen molar-refractivity contribution < 1.29 is 9.47 Å². The fourth-order valence-corrected chi connectivity index (χ4v) is 5.96. The standard InChI is InChI=1S/C26H32N6O2/c1-16-24-20(17-5-10-33-11-6-17)4-9-29-26(24)31-22-12-21(30-23(13-27)25(22)34-16)18-14-32(15-18)19-2-7-28-8-3-19/h4,9,12,16-19,28H,2-3,5-8,10-11,14-15H2,1H3,(H,29,31). The summed E-state index contributed by atoms with van der Waals surface area (Å²) in [6.45, 7) is 7.81. The number of fused-ring (bicyclic) bond motifs is 2.